The first-order valence-corrected chi connectivity index (χ1v) is 9.83. The first kappa shape index (κ1) is 25.8. The Morgan fingerprint density at radius 3 is 2.47 bits per heavy atom. The normalized spacial score (nSPS) is 11.1. The number of amides is 1. The summed E-state index contributed by atoms with van der Waals surface area (Å²) in [6.45, 7) is 4.33. The number of hydrogen-bond donors (Lipinski definition) is 2. The number of ether oxygens (including phenoxy) is 1. The zero-order valence-corrected chi connectivity index (χ0v) is 19.0. The Balaban J connectivity index is 0.00000225. The van der Waals surface area contributed by atoms with Gasteiger partial charge in [-0.25, -0.2) is 9.37 Å². The number of aryl methyl sites for hydroxylation is 1. The predicted molar refractivity (Wildman–Crippen MR) is 123 cm³/mol. The van der Waals surface area contributed by atoms with Crippen LogP contribution in [0.25, 0.3) is 0 Å². The number of benzene rings is 2. The van der Waals surface area contributed by atoms with Gasteiger partial charge in [-0.3, -0.25) is 4.79 Å². The largest absolute Gasteiger partial charge is 0.457 e. The maximum atomic E-state index is 14.2. The van der Waals surface area contributed by atoms with Gasteiger partial charge in [0.05, 0.1) is 22.8 Å². The van der Waals surface area contributed by atoms with Gasteiger partial charge in [0.25, 0.3) is 5.91 Å². The quantitative estimate of drug-likeness (QED) is 0.495. The molecule has 1 aromatic heterocycles. The molecule has 0 aliphatic carbocycles. The number of halogens is 3. The molecule has 162 valence electrons. The smallest absolute Gasteiger partial charge is 0.254 e. The van der Waals surface area contributed by atoms with Crippen LogP contribution in [0.4, 0.5) is 4.39 Å². The molecule has 1 atom stereocenters. The molecule has 1 amide bonds. The third-order valence-electron chi connectivity index (χ3n) is 4.31. The summed E-state index contributed by atoms with van der Waals surface area (Å²) < 4.78 is 20.0. The van der Waals surface area contributed by atoms with Crippen molar-refractivity contribution in [3.8, 4) is 11.5 Å². The van der Waals surface area contributed by atoms with Gasteiger partial charge in [-0.15, -0.1) is 36.2 Å². The molecule has 3 N–H and O–H groups in total. The second-order valence-corrected chi connectivity index (χ2v) is 7.47. The van der Waals surface area contributed by atoms with E-state index in [9.17, 15) is 9.18 Å². The molecule has 0 fully saturated rings. The van der Waals surface area contributed by atoms with Crippen LogP contribution in [-0.4, -0.2) is 17.4 Å². The summed E-state index contributed by atoms with van der Waals surface area (Å²) in [5.74, 6) is -0.132. The number of aromatic nitrogens is 1. The number of nitrogens with zero attached hydrogens (tertiary/aromatic N) is 1. The van der Waals surface area contributed by atoms with Gasteiger partial charge >= 0.3 is 0 Å². The van der Waals surface area contributed by atoms with Crippen molar-refractivity contribution in [1.82, 2.24) is 10.3 Å². The lowest BCUT2D eigenvalue weighted by Gasteiger charge is -2.14. The van der Waals surface area contributed by atoms with E-state index in [1.165, 1.54) is 29.5 Å². The van der Waals surface area contributed by atoms with Gasteiger partial charge in [0, 0.05) is 4.88 Å². The number of carbonyl (C=O) groups excluding carboxylic acids is 1. The minimum absolute atomic E-state index is 0. The molecule has 9 heteroatoms. The van der Waals surface area contributed by atoms with Crippen molar-refractivity contribution < 1.29 is 13.9 Å². The third kappa shape index (κ3) is 6.40. The average Bonchev–Trinajstić information content (AvgIpc) is 3.11. The Kier molecular flexibility index (Phi) is 10.2. The summed E-state index contributed by atoms with van der Waals surface area (Å²) >= 11 is 1.50. The number of hydrogen-bond acceptors (Lipinski definition) is 5. The van der Waals surface area contributed by atoms with Crippen LogP contribution in [0.5, 0.6) is 11.5 Å². The SMILES string of the molecule is Cc1scnc1C(C)NC(=O)c1cc(Oc2ccc(CCN)cc2)ccc1F.Cl.Cl. The minimum Gasteiger partial charge on any atom is -0.457 e. The molecular formula is C21H24Cl2FN3O2S. The first-order valence-electron chi connectivity index (χ1n) is 8.95. The summed E-state index contributed by atoms with van der Waals surface area (Å²) in [4.78, 5) is 17.8. The van der Waals surface area contributed by atoms with E-state index in [1.54, 1.807) is 5.51 Å². The Morgan fingerprint density at radius 1 is 1.20 bits per heavy atom. The maximum absolute atomic E-state index is 14.2. The van der Waals surface area contributed by atoms with E-state index in [0.717, 1.165) is 22.6 Å². The van der Waals surface area contributed by atoms with Crippen LogP contribution in [-0.2, 0) is 6.42 Å². The van der Waals surface area contributed by atoms with Gasteiger partial charge in [0.15, 0.2) is 0 Å². The van der Waals surface area contributed by atoms with E-state index in [1.807, 2.05) is 38.1 Å². The molecule has 0 aliphatic rings. The van der Waals surface area contributed by atoms with Crippen LogP contribution in [0.3, 0.4) is 0 Å². The van der Waals surface area contributed by atoms with Gasteiger partial charge in [-0.05, 0) is 62.7 Å². The summed E-state index contributed by atoms with van der Waals surface area (Å²) in [6, 6.07) is 11.3. The van der Waals surface area contributed by atoms with Crippen LogP contribution < -0.4 is 15.8 Å². The number of thiazole rings is 1. The highest BCUT2D eigenvalue weighted by Gasteiger charge is 2.18. The Bertz CT molecular complexity index is 967. The van der Waals surface area contributed by atoms with Crippen molar-refractivity contribution in [2.45, 2.75) is 26.3 Å². The molecule has 0 saturated carbocycles. The molecule has 0 spiro atoms. The standard InChI is InChI=1S/C21H22FN3O2S.2ClH/c1-13(20-14(2)28-12-24-20)25-21(26)18-11-17(7-8-19(18)22)27-16-5-3-15(4-6-16)9-10-23;;/h3-8,11-13H,9-10,23H2,1-2H3,(H,25,26);2*1H. The van der Waals surface area contributed by atoms with Crippen molar-refractivity contribution in [3.05, 3.63) is 75.5 Å². The lowest BCUT2D eigenvalue weighted by Crippen LogP contribution is -2.28. The van der Waals surface area contributed by atoms with E-state index in [-0.39, 0.29) is 36.4 Å². The number of nitrogens with one attached hydrogen (secondary N) is 1. The van der Waals surface area contributed by atoms with E-state index in [0.29, 0.717) is 18.0 Å². The summed E-state index contributed by atoms with van der Waals surface area (Å²) in [6.07, 6.45) is 0.789. The van der Waals surface area contributed by atoms with E-state index in [2.05, 4.69) is 10.3 Å². The second-order valence-electron chi connectivity index (χ2n) is 6.42. The monoisotopic (exact) mass is 471 g/mol. The third-order valence-corrected chi connectivity index (χ3v) is 5.09. The molecule has 0 bridgehead atoms. The van der Waals surface area contributed by atoms with E-state index < -0.39 is 11.7 Å². The lowest BCUT2D eigenvalue weighted by molar-refractivity contribution is 0.0934. The van der Waals surface area contributed by atoms with Gasteiger partial charge in [0.1, 0.15) is 17.3 Å². The first-order chi connectivity index (χ1) is 13.5. The highest BCUT2D eigenvalue weighted by molar-refractivity contribution is 7.09. The van der Waals surface area contributed by atoms with Gasteiger partial charge in [-0.1, -0.05) is 12.1 Å². The second kappa shape index (κ2) is 11.9. The molecule has 1 heterocycles. The molecule has 0 saturated heterocycles. The fourth-order valence-electron chi connectivity index (χ4n) is 2.84. The molecule has 2 aromatic carbocycles. The zero-order valence-electron chi connectivity index (χ0n) is 16.6. The highest BCUT2D eigenvalue weighted by Crippen LogP contribution is 2.25. The fraction of sp³-hybridized carbons (Fsp3) is 0.238. The molecule has 3 rings (SSSR count). The molecule has 5 nitrogen and oxygen atoms in total. The lowest BCUT2D eigenvalue weighted by atomic mass is 10.1. The van der Waals surface area contributed by atoms with Crippen molar-refractivity contribution >= 4 is 42.1 Å². The van der Waals surface area contributed by atoms with Gasteiger partial charge in [0.2, 0.25) is 0 Å². The van der Waals surface area contributed by atoms with E-state index >= 15 is 0 Å². The fourth-order valence-corrected chi connectivity index (χ4v) is 3.52. The van der Waals surface area contributed by atoms with Gasteiger partial charge < -0.3 is 15.8 Å². The summed E-state index contributed by atoms with van der Waals surface area (Å²) in [5.41, 5.74) is 9.09. The van der Waals surface area contributed by atoms with Crippen molar-refractivity contribution in [3.63, 3.8) is 0 Å². The van der Waals surface area contributed by atoms with Crippen molar-refractivity contribution in [2.75, 3.05) is 6.54 Å². The Labute approximate surface area is 191 Å². The van der Waals surface area contributed by atoms with Crippen LogP contribution >= 0.6 is 36.2 Å². The number of rotatable bonds is 7. The van der Waals surface area contributed by atoms with Crippen LogP contribution in [0, 0.1) is 12.7 Å². The molecule has 0 aliphatic heterocycles. The molecular weight excluding hydrogens is 448 g/mol. The van der Waals surface area contributed by atoms with Crippen LogP contribution in [0.1, 0.15) is 39.5 Å². The Morgan fingerprint density at radius 2 is 1.87 bits per heavy atom. The molecule has 30 heavy (non-hydrogen) atoms. The van der Waals surface area contributed by atoms with Crippen molar-refractivity contribution in [2.24, 2.45) is 5.73 Å². The number of carbonyl (C=O) groups is 1. The molecule has 1 unspecified atom stereocenters. The van der Waals surface area contributed by atoms with Crippen LogP contribution in [0.2, 0.25) is 0 Å². The van der Waals surface area contributed by atoms with Crippen molar-refractivity contribution in [1.29, 1.82) is 0 Å². The Hall–Kier alpha value is -2.19. The van der Waals surface area contributed by atoms with Crippen LogP contribution in [0.15, 0.2) is 48.0 Å². The maximum Gasteiger partial charge on any atom is 0.254 e. The highest BCUT2D eigenvalue weighted by atomic mass is 35.5. The number of nitrogens with two attached hydrogens (primary N) is 1. The zero-order chi connectivity index (χ0) is 20.1. The minimum atomic E-state index is -0.606. The molecule has 0 radical (unpaired) electrons. The molecule has 3 aromatic rings. The summed E-state index contributed by atoms with van der Waals surface area (Å²) in [7, 11) is 0. The topological polar surface area (TPSA) is 77.2 Å². The van der Waals surface area contributed by atoms with E-state index in [4.69, 9.17) is 10.5 Å². The summed E-state index contributed by atoms with van der Waals surface area (Å²) in [5, 5.41) is 2.79. The predicted octanol–water partition coefficient (Wildman–Crippen LogP) is 5.22. The average molecular weight is 472 g/mol. The van der Waals surface area contributed by atoms with Gasteiger partial charge in [-0.2, -0.15) is 0 Å².